The normalized spacial score (nSPS) is 20.2. The Hall–Kier alpha value is -1.85. The molecule has 1 atom stereocenters. The van der Waals surface area contributed by atoms with Crippen molar-refractivity contribution in [2.75, 3.05) is 26.0 Å². The monoisotopic (exact) mass is 236 g/mol. The van der Waals surface area contributed by atoms with Crippen molar-refractivity contribution < 1.29 is 9.53 Å². The SMILES string of the molecule is COc1cc(NC2CCC(=O)N(C)C2)ncn1. The summed E-state index contributed by atoms with van der Waals surface area (Å²) in [5, 5.41) is 3.28. The third-order valence-electron chi connectivity index (χ3n) is 2.83. The average Bonchev–Trinajstić information content (AvgIpc) is 2.34. The number of hydrogen-bond acceptors (Lipinski definition) is 5. The van der Waals surface area contributed by atoms with Gasteiger partial charge in [0.15, 0.2) is 0 Å². The molecule has 0 spiro atoms. The van der Waals surface area contributed by atoms with Crippen molar-refractivity contribution in [2.45, 2.75) is 18.9 Å². The third-order valence-corrected chi connectivity index (χ3v) is 2.83. The highest BCUT2D eigenvalue weighted by Crippen LogP contribution is 2.16. The topological polar surface area (TPSA) is 67.3 Å². The summed E-state index contributed by atoms with van der Waals surface area (Å²) < 4.78 is 5.03. The molecule has 6 heteroatoms. The van der Waals surface area contributed by atoms with E-state index in [0.29, 0.717) is 18.8 Å². The summed E-state index contributed by atoms with van der Waals surface area (Å²) in [6.45, 7) is 0.700. The van der Waals surface area contributed by atoms with Crippen LogP contribution in [0.1, 0.15) is 12.8 Å². The zero-order valence-corrected chi connectivity index (χ0v) is 10.0. The Morgan fingerprint density at radius 1 is 1.53 bits per heavy atom. The first kappa shape index (κ1) is 11.6. The molecule has 0 aromatic carbocycles. The standard InChI is InChI=1S/C11H16N4O2/c1-15-6-8(3-4-11(15)16)14-9-5-10(17-2)13-7-12-9/h5,7-8H,3-4,6H2,1-2H3,(H,12,13,14). The van der Waals surface area contributed by atoms with Crippen LogP contribution >= 0.6 is 0 Å². The second kappa shape index (κ2) is 4.99. The van der Waals surface area contributed by atoms with E-state index in [1.807, 2.05) is 7.05 Å². The Morgan fingerprint density at radius 3 is 3.06 bits per heavy atom. The molecule has 1 N–H and O–H groups in total. The number of methoxy groups -OCH3 is 1. The van der Waals surface area contributed by atoms with E-state index in [4.69, 9.17) is 4.74 Å². The van der Waals surface area contributed by atoms with Gasteiger partial charge < -0.3 is 15.0 Å². The fourth-order valence-corrected chi connectivity index (χ4v) is 1.87. The molecule has 92 valence electrons. The van der Waals surface area contributed by atoms with Gasteiger partial charge in [0.2, 0.25) is 11.8 Å². The Morgan fingerprint density at radius 2 is 2.35 bits per heavy atom. The predicted molar refractivity (Wildman–Crippen MR) is 62.9 cm³/mol. The minimum atomic E-state index is 0.198. The molecular weight excluding hydrogens is 220 g/mol. The summed E-state index contributed by atoms with van der Waals surface area (Å²) in [5.41, 5.74) is 0. The van der Waals surface area contributed by atoms with Gasteiger partial charge in [-0.1, -0.05) is 0 Å². The highest BCUT2D eigenvalue weighted by Gasteiger charge is 2.22. The minimum Gasteiger partial charge on any atom is -0.481 e. The Labute approximate surface area is 100 Å². The van der Waals surface area contributed by atoms with Gasteiger partial charge in [-0.25, -0.2) is 9.97 Å². The first-order valence-corrected chi connectivity index (χ1v) is 5.55. The number of rotatable bonds is 3. The van der Waals surface area contributed by atoms with E-state index in [9.17, 15) is 4.79 Å². The molecule has 1 aliphatic rings. The first-order valence-electron chi connectivity index (χ1n) is 5.55. The fourth-order valence-electron chi connectivity index (χ4n) is 1.87. The summed E-state index contributed by atoms with van der Waals surface area (Å²) in [7, 11) is 3.38. The van der Waals surface area contributed by atoms with Crippen molar-refractivity contribution in [2.24, 2.45) is 0 Å². The molecule has 1 unspecified atom stereocenters. The average molecular weight is 236 g/mol. The third kappa shape index (κ3) is 2.83. The maximum Gasteiger partial charge on any atom is 0.222 e. The van der Waals surface area contributed by atoms with Crippen LogP contribution in [0.5, 0.6) is 5.88 Å². The van der Waals surface area contributed by atoms with Crippen LogP contribution in [0.2, 0.25) is 0 Å². The van der Waals surface area contributed by atoms with Gasteiger partial charge in [-0.3, -0.25) is 4.79 Å². The number of amides is 1. The van der Waals surface area contributed by atoms with E-state index >= 15 is 0 Å². The molecule has 0 bridgehead atoms. The van der Waals surface area contributed by atoms with Gasteiger partial charge in [-0.05, 0) is 6.42 Å². The lowest BCUT2D eigenvalue weighted by molar-refractivity contribution is -0.132. The van der Waals surface area contributed by atoms with Crippen molar-refractivity contribution in [3.8, 4) is 5.88 Å². The molecule has 0 saturated carbocycles. The van der Waals surface area contributed by atoms with Gasteiger partial charge in [0, 0.05) is 32.1 Å². The molecule has 2 heterocycles. The molecule has 6 nitrogen and oxygen atoms in total. The fraction of sp³-hybridized carbons (Fsp3) is 0.545. The number of anilines is 1. The Kier molecular flexibility index (Phi) is 3.41. The summed E-state index contributed by atoms with van der Waals surface area (Å²) in [6, 6.07) is 1.98. The number of nitrogens with zero attached hydrogens (tertiary/aromatic N) is 3. The van der Waals surface area contributed by atoms with Crippen LogP contribution in [-0.4, -0.2) is 47.5 Å². The summed E-state index contributed by atoms with van der Waals surface area (Å²) in [4.78, 5) is 21.1. The summed E-state index contributed by atoms with van der Waals surface area (Å²) in [5.74, 6) is 1.45. The van der Waals surface area contributed by atoms with Crippen LogP contribution in [0.25, 0.3) is 0 Å². The van der Waals surface area contributed by atoms with Gasteiger partial charge in [0.05, 0.1) is 7.11 Å². The first-order chi connectivity index (χ1) is 8.19. The van der Waals surface area contributed by atoms with Gasteiger partial charge >= 0.3 is 0 Å². The highest BCUT2D eigenvalue weighted by atomic mass is 16.5. The lowest BCUT2D eigenvalue weighted by Crippen LogP contribution is -2.43. The maximum atomic E-state index is 11.3. The summed E-state index contributed by atoms with van der Waals surface area (Å²) in [6.07, 6.45) is 2.87. The van der Waals surface area contributed by atoms with E-state index in [2.05, 4.69) is 15.3 Å². The number of carbonyl (C=O) groups excluding carboxylic acids is 1. The second-order valence-electron chi connectivity index (χ2n) is 4.10. The molecular formula is C11H16N4O2. The molecule has 1 fully saturated rings. The number of aromatic nitrogens is 2. The van der Waals surface area contributed by atoms with Crippen molar-refractivity contribution in [3.05, 3.63) is 12.4 Å². The highest BCUT2D eigenvalue weighted by molar-refractivity contribution is 5.77. The van der Waals surface area contributed by atoms with Crippen LogP contribution in [0.3, 0.4) is 0 Å². The van der Waals surface area contributed by atoms with Crippen LogP contribution < -0.4 is 10.1 Å². The molecule has 1 aromatic heterocycles. The van der Waals surface area contributed by atoms with Gasteiger partial charge in [0.25, 0.3) is 0 Å². The van der Waals surface area contributed by atoms with E-state index < -0.39 is 0 Å². The molecule has 1 aliphatic heterocycles. The molecule has 1 amide bonds. The number of likely N-dealkylation sites (N-methyl/N-ethyl adjacent to an activating group) is 1. The molecule has 1 aromatic rings. The summed E-state index contributed by atoms with van der Waals surface area (Å²) >= 11 is 0. The molecule has 0 aliphatic carbocycles. The number of piperidine rings is 1. The molecule has 0 radical (unpaired) electrons. The number of carbonyl (C=O) groups is 1. The zero-order valence-electron chi connectivity index (χ0n) is 10.0. The zero-order chi connectivity index (χ0) is 12.3. The van der Waals surface area contributed by atoms with Crippen molar-refractivity contribution in [3.63, 3.8) is 0 Å². The Balaban J connectivity index is 1.98. The van der Waals surface area contributed by atoms with Crippen LogP contribution in [0.15, 0.2) is 12.4 Å². The van der Waals surface area contributed by atoms with Gasteiger partial charge in [0.1, 0.15) is 12.1 Å². The lowest BCUT2D eigenvalue weighted by Gasteiger charge is -2.30. The Bertz CT molecular complexity index is 410. The van der Waals surface area contributed by atoms with Crippen molar-refractivity contribution >= 4 is 11.7 Å². The van der Waals surface area contributed by atoms with Gasteiger partial charge in [-0.2, -0.15) is 0 Å². The number of hydrogen-bond donors (Lipinski definition) is 1. The van der Waals surface area contributed by atoms with Crippen LogP contribution in [0.4, 0.5) is 5.82 Å². The van der Waals surface area contributed by atoms with Crippen LogP contribution in [0, 0.1) is 0 Å². The molecule has 1 saturated heterocycles. The minimum absolute atomic E-state index is 0.198. The predicted octanol–water partition coefficient (Wildman–Crippen LogP) is 0.518. The largest absolute Gasteiger partial charge is 0.481 e. The van der Waals surface area contributed by atoms with Gasteiger partial charge in [-0.15, -0.1) is 0 Å². The maximum absolute atomic E-state index is 11.3. The van der Waals surface area contributed by atoms with Crippen LogP contribution in [-0.2, 0) is 4.79 Å². The van der Waals surface area contributed by atoms with Crippen molar-refractivity contribution in [1.82, 2.24) is 14.9 Å². The molecule has 17 heavy (non-hydrogen) atoms. The van der Waals surface area contributed by atoms with E-state index in [1.54, 1.807) is 18.1 Å². The second-order valence-corrected chi connectivity index (χ2v) is 4.10. The smallest absolute Gasteiger partial charge is 0.222 e. The number of likely N-dealkylation sites (tertiary alicyclic amines) is 1. The van der Waals surface area contributed by atoms with E-state index in [0.717, 1.165) is 12.2 Å². The lowest BCUT2D eigenvalue weighted by atomic mass is 10.1. The molecule has 2 rings (SSSR count). The number of nitrogens with one attached hydrogen (secondary N) is 1. The van der Waals surface area contributed by atoms with Crippen molar-refractivity contribution in [1.29, 1.82) is 0 Å². The quantitative estimate of drug-likeness (QED) is 0.828. The van der Waals surface area contributed by atoms with E-state index in [-0.39, 0.29) is 11.9 Å². The number of ether oxygens (including phenoxy) is 1. The van der Waals surface area contributed by atoms with E-state index in [1.165, 1.54) is 6.33 Å².